The molecule has 4 aliphatic rings. The molecule has 1 unspecified atom stereocenters. The van der Waals surface area contributed by atoms with Gasteiger partial charge in [-0.05, 0) is 23.3 Å². The highest BCUT2D eigenvalue weighted by atomic mass is 16.7. The lowest BCUT2D eigenvalue weighted by Gasteiger charge is -2.51. The predicted octanol–water partition coefficient (Wildman–Crippen LogP) is 4.27. The zero-order valence-corrected chi connectivity index (χ0v) is 21.0. The van der Waals surface area contributed by atoms with Crippen LogP contribution in [0.5, 0.6) is 17.2 Å². The largest absolute Gasteiger partial charge is 0.484 e. The molecule has 194 valence electrons. The van der Waals surface area contributed by atoms with Crippen LogP contribution in [0.1, 0.15) is 35.7 Å². The quantitative estimate of drug-likeness (QED) is 0.370. The molecule has 0 aliphatic carbocycles. The molecule has 1 N–H and O–H groups in total. The molecule has 38 heavy (non-hydrogen) atoms. The third-order valence-corrected chi connectivity index (χ3v) is 8.32. The van der Waals surface area contributed by atoms with Crippen LogP contribution in [0.3, 0.4) is 0 Å². The molecule has 3 aromatic carbocycles. The lowest BCUT2D eigenvalue weighted by atomic mass is 9.83. The zero-order valence-electron chi connectivity index (χ0n) is 21.0. The van der Waals surface area contributed by atoms with E-state index in [1.807, 2.05) is 78.9 Å². The van der Waals surface area contributed by atoms with E-state index in [-0.39, 0.29) is 18.7 Å². The van der Waals surface area contributed by atoms with Crippen molar-refractivity contribution >= 4 is 0 Å². The number of benzene rings is 3. The van der Waals surface area contributed by atoms with Gasteiger partial charge >= 0.3 is 0 Å². The van der Waals surface area contributed by atoms with Crippen LogP contribution in [0.4, 0.5) is 0 Å². The summed E-state index contributed by atoms with van der Waals surface area (Å²) in [7, 11) is 0. The van der Waals surface area contributed by atoms with E-state index in [9.17, 15) is 5.11 Å². The number of piperidine rings is 3. The number of aromatic nitrogens is 2. The van der Waals surface area contributed by atoms with Crippen LogP contribution < -0.4 is 14.2 Å². The number of hydrogen-bond acceptors (Lipinski definition) is 7. The average Bonchev–Trinajstić information content (AvgIpc) is 3.64. The molecule has 3 saturated heterocycles. The number of nitrogens with zero attached hydrogens (tertiary/aromatic N) is 3. The summed E-state index contributed by atoms with van der Waals surface area (Å²) < 4.78 is 24.1. The van der Waals surface area contributed by atoms with Crippen molar-refractivity contribution in [3.8, 4) is 17.2 Å². The van der Waals surface area contributed by atoms with Crippen LogP contribution in [0.15, 0.2) is 83.4 Å². The minimum absolute atomic E-state index is 0.103. The minimum Gasteiger partial charge on any atom is -0.484 e. The van der Waals surface area contributed by atoms with Gasteiger partial charge in [-0.15, -0.1) is 0 Å². The Labute approximate surface area is 221 Å². The fraction of sp³-hybridized carbons (Fsp3) is 0.333. The Morgan fingerprint density at radius 1 is 0.895 bits per heavy atom. The van der Waals surface area contributed by atoms with E-state index in [0.717, 1.165) is 54.2 Å². The van der Waals surface area contributed by atoms with Crippen LogP contribution in [0.25, 0.3) is 0 Å². The molecule has 2 bridgehead atoms. The van der Waals surface area contributed by atoms with Crippen molar-refractivity contribution in [3.63, 3.8) is 0 Å². The fourth-order valence-electron chi connectivity index (χ4n) is 6.24. The lowest BCUT2D eigenvalue weighted by molar-refractivity contribution is -0.959. The normalized spacial score (nSPS) is 23.9. The Morgan fingerprint density at radius 2 is 1.58 bits per heavy atom. The molecule has 8 heteroatoms. The van der Waals surface area contributed by atoms with Crippen molar-refractivity contribution in [1.82, 2.24) is 10.1 Å². The average molecular weight is 513 g/mol. The van der Waals surface area contributed by atoms with Gasteiger partial charge in [0.2, 0.25) is 12.6 Å². The van der Waals surface area contributed by atoms with Crippen molar-refractivity contribution in [2.75, 3.05) is 26.4 Å². The smallest absolute Gasteiger partial charge is 0.282 e. The van der Waals surface area contributed by atoms with Gasteiger partial charge in [0.1, 0.15) is 12.3 Å². The van der Waals surface area contributed by atoms with Gasteiger partial charge < -0.3 is 28.3 Å². The molecular weight excluding hydrogens is 482 g/mol. The van der Waals surface area contributed by atoms with E-state index in [0.29, 0.717) is 29.5 Å². The van der Waals surface area contributed by atoms with Gasteiger partial charge in [0, 0.05) is 24.8 Å². The minimum atomic E-state index is -1.51. The maximum atomic E-state index is 12.0. The van der Waals surface area contributed by atoms with Gasteiger partial charge in [0.05, 0.1) is 13.1 Å². The SMILES string of the molecule is OC(c1ccccc1)(c1ccccc1)c1noc(C[N+]23CCC(CC2)C(Oc2ccc4c(c2)OCO4)C3)n1. The van der Waals surface area contributed by atoms with Gasteiger partial charge in [-0.3, -0.25) is 0 Å². The van der Waals surface area contributed by atoms with Crippen LogP contribution in [-0.2, 0) is 12.1 Å². The zero-order chi connectivity index (χ0) is 25.6. The summed E-state index contributed by atoms with van der Waals surface area (Å²) in [6.45, 7) is 3.83. The highest BCUT2D eigenvalue weighted by molar-refractivity contribution is 5.47. The number of rotatable bonds is 7. The van der Waals surface area contributed by atoms with E-state index in [4.69, 9.17) is 23.7 Å². The number of aliphatic hydroxyl groups is 1. The van der Waals surface area contributed by atoms with Gasteiger partial charge in [-0.1, -0.05) is 65.8 Å². The first-order valence-corrected chi connectivity index (χ1v) is 13.2. The summed E-state index contributed by atoms with van der Waals surface area (Å²) in [5.74, 6) is 3.61. The third kappa shape index (κ3) is 4.01. The molecule has 3 fully saturated rings. The second-order valence-electron chi connectivity index (χ2n) is 10.6. The van der Waals surface area contributed by atoms with Gasteiger partial charge in [-0.2, -0.15) is 4.98 Å². The van der Waals surface area contributed by atoms with E-state index in [1.165, 1.54) is 0 Å². The highest BCUT2D eigenvalue weighted by Crippen LogP contribution is 2.41. The Kier molecular flexibility index (Phi) is 5.60. The third-order valence-electron chi connectivity index (χ3n) is 8.32. The van der Waals surface area contributed by atoms with Crippen LogP contribution in [0, 0.1) is 5.92 Å². The topological polar surface area (TPSA) is 86.8 Å². The van der Waals surface area contributed by atoms with Crippen molar-refractivity contribution < 1.29 is 28.3 Å². The molecule has 0 amide bonds. The predicted molar refractivity (Wildman–Crippen MR) is 138 cm³/mol. The van der Waals surface area contributed by atoms with Crippen LogP contribution in [-0.4, -0.2) is 52.3 Å². The molecule has 0 radical (unpaired) electrons. The Hall–Kier alpha value is -3.88. The number of ether oxygens (including phenoxy) is 3. The monoisotopic (exact) mass is 512 g/mol. The van der Waals surface area contributed by atoms with Crippen molar-refractivity contribution in [3.05, 3.63) is 102 Å². The Balaban J connectivity index is 1.13. The second-order valence-corrected chi connectivity index (χ2v) is 10.6. The second kappa shape index (κ2) is 9.15. The number of hydrogen-bond donors (Lipinski definition) is 1. The summed E-state index contributed by atoms with van der Waals surface area (Å²) in [6, 6.07) is 24.8. The summed E-state index contributed by atoms with van der Waals surface area (Å²) in [6.07, 6.45) is 2.29. The summed E-state index contributed by atoms with van der Waals surface area (Å²) in [5.41, 5.74) is -0.118. The molecule has 5 heterocycles. The maximum Gasteiger partial charge on any atom is 0.282 e. The van der Waals surface area contributed by atoms with Gasteiger partial charge in [0.25, 0.3) is 5.89 Å². The lowest BCUT2D eigenvalue weighted by Crippen LogP contribution is -2.64. The summed E-state index contributed by atoms with van der Waals surface area (Å²) in [5, 5.41) is 16.3. The summed E-state index contributed by atoms with van der Waals surface area (Å²) in [4.78, 5) is 4.77. The highest BCUT2D eigenvalue weighted by Gasteiger charge is 2.48. The molecule has 1 aromatic heterocycles. The number of fused-ring (bicyclic) bond motifs is 4. The van der Waals surface area contributed by atoms with E-state index in [2.05, 4.69) is 5.16 Å². The van der Waals surface area contributed by atoms with Crippen LogP contribution in [0.2, 0.25) is 0 Å². The first-order chi connectivity index (χ1) is 18.6. The molecular formula is C30H30N3O5+. The van der Waals surface area contributed by atoms with Gasteiger partial charge in [0.15, 0.2) is 29.7 Å². The maximum absolute atomic E-state index is 12.0. The molecule has 0 saturated carbocycles. The standard InChI is InChI=1S/C30H30N3O5/c34-30(22-7-3-1-4-8-22,23-9-5-2-6-10-23)29-31-28(38-32-29)19-33-15-13-21(14-16-33)27(18-33)37-24-11-12-25-26(17-24)36-20-35-25/h1-12,17,21,27,34H,13-16,18-20H2/q+1. The molecule has 1 atom stereocenters. The fourth-order valence-corrected chi connectivity index (χ4v) is 6.24. The first-order valence-electron chi connectivity index (χ1n) is 13.2. The van der Waals surface area contributed by atoms with Crippen molar-refractivity contribution in [1.29, 1.82) is 0 Å². The molecule has 4 aromatic rings. The van der Waals surface area contributed by atoms with Gasteiger partial charge in [-0.25, -0.2) is 0 Å². The molecule has 4 aliphatic heterocycles. The molecule has 8 rings (SSSR count). The van der Waals surface area contributed by atoms with E-state index >= 15 is 0 Å². The van der Waals surface area contributed by atoms with Crippen molar-refractivity contribution in [2.45, 2.75) is 31.1 Å². The van der Waals surface area contributed by atoms with Crippen LogP contribution >= 0.6 is 0 Å². The Bertz CT molecular complexity index is 1380. The molecule has 8 nitrogen and oxygen atoms in total. The molecule has 0 spiro atoms. The van der Waals surface area contributed by atoms with Crippen molar-refractivity contribution in [2.24, 2.45) is 5.92 Å². The summed E-state index contributed by atoms with van der Waals surface area (Å²) >= 11 is 0. The van der Waals surface area contributed by atoms with E-state index in [1.54, 1.807) is 0 Å². The number of quaternary nitrogens is 1. The Morgan fingerprint density at radius 3 is 2.29 bits per heavy atom. The first kappa shape index (κ1) is 23.3. The van der Waals surface area contributed by atoms with E-state index < -0.39 is 5.60 Å².